The molecule has 3 aromatic rings. The molecule has 0 aliphatic rings. The second-order valence-corrected chi connectivity index (χ2v) is 7.67. The number of carbonyl (C=O) groups is 1. The Labute approximate surface area is 170 Å². The molecule has 2 aromatic carbocycles. The average Bonchev–Trinajstić information content (AvgIpc) is 2.65. The summed E-state index contributed by atoms with van der Waals surface area (Å²) >= 11 is 0. The van der Waals surface area contributed by atoms with Gasteiger partial charge >= 0.3 is 12.3 Å². The monoisotopic (exact) mass is 419 g/mol. The lowest BCUT2D eigenvalue weighted by atomic mass is 9.99. The van der Waals surface area contributed by atoms with Crippen molar-refractivity contribution in [2.75, 3.05) is 0 Å². The van der Waals surface area contributed by atoms with Crippen LogP contribution in [0.3, 0.4) is 0 Å². The molecule has 0 fully saturated rings. The number of hydrogen-bond acceptors (Lipinski definition) is 4. The maximum atomic E-state index is 13.7. The van der Waals surface area contributed by atoms with Gasteiger partial charge in [-0.1, -0.05) is 30.3 Å². The number of hydrogen-bond donors (Lipinski definition) is 2. The number of ether oxygens (including phenoxy) is 1. The molecule has 3 rings (SSSR count). The van der Waals surface area contributed by atoms with Gasteiger partial charge < -0.3 is 10.1 Å². The van der Waals surface area contributed by atoms with Crippen LogP contribution in [0, 0.1) is 0 Å². The molecule has 2 N–H and O–H groups in total. The van der Waals surface area contributed by atoms with Crippen LogP contribution in [0.5, 0.6) is 0 Å². The summed E-state index contributed by atoms with van der Waals surface area (Å²) in [7, 11) is 0. The maximum absolute atomic E-state index is 13.7. The van der Waals surface area contributed by atoms with Crippen LogP contribution in [0.1, 0.15) is 31.9 Å². The Hall–Kier alpha value is -3.36. The minimum absolute atomic E-state index is 0.120. The van der Waals surface area contributed by atoms with Crippen LogP contribution in [0.2, 0.25) is 0 Å². The molecule has 0 atom stereocenters. The van der Waals surface area contributed by atoms with E-state index in [1.165, 1.54) is 12.1 Å². The number of rotatable bonds is 3. The first-order valence-corrected chi connectivity index (χ1v) is 9.10. The molecule has 30 heavy (non-hydrogen) atoms. The molecular weight excluding hydrogens is 399 g/mol. The molecule has 1 aromatic heterocycles. The van der Waals surface area contributed by atoms with Crippen LogP contribution in [-0.2, 0) is 17.5 Å². The van der Waals surface area contributed by atoms with Crippen molar-refractivity contribution in [1.82, 2.24) is 15.5 Å². The zero-order chi connectivity index (χ0) is 22.1. The second kappa shape index (κ2) is 7.81. The summed E-state index contributed by atoms with van der Waals surface area (Å²) < 4.78 is 46.1. The number of fused-ring (bicyclic) bond motifs is 1. The summed E-state index contributed by atoms with van der Waals surface area (Å²) in [6.07, 6.45) is -5.47. The third kappa shape index (κ3) is 4.79. The van der Waals surface area contributed by atoms with Crippen LogP contribution in [0.25, 0.3) is 22.0 Å². The number of aromatic nitrogens is 2. The lowest BCUT2D eigenvalue weighted by Crippen LogP contribution is -2.32. The fourth-order valence-electron chi connectivity index (χ4n) is 2.96. The summed E-state index contributed by atoms with van der Waals surface area (Å²) in [5.74, 6) is 0. The summed E-state index contributed by atoms with van der Waals surface area (Å²) in [5.41, 5.74) is -1.81. The first-order chi connectivity index (χ1) is 14.0. The predicted octanol–water partition coefficient (Wildman–Crippen LogP) is 4.63. The summed E-state index contributed by atoms with van der Waals surface area (Å²) in [6.45, 7) is 4.61. The van der Waals surface area contributed by atoms with Crippen LogP contribution in [0.15, 0.2) is 47.3 Å². The first kappa shape index (κ1) is 21.4. The molecule has 6 nitrogen and oxygen atoms in total. The van der Waals surface area contributed by atoms with E-state index >= 15 is 0 Å². The van der Waals surface area contributed by atoms with Gasteiger partial charge in [-0.25, -0.2) is 9.89 Å². The third-order valence-corrected chi connectivity index (χ3v) is 4.21. The van der Waals surface area contributed by atoms with Gasteiger partial charge in [0.2, 0.25) is 0 Å². The minimum Gasteiger partial charge on any atom is -0.444 e. The number of H-pyrrole nitrogens is 1. The van der Waals surface area contributed by atoms with Crippen LogP contribution in [0.4, 0.5) is 18.0 Å². The maximum Gasteiger partial charge on any atom is 0.416 e. The Morgan fingerprint density at radius 3 is 2.40 bits per heavy atom. The van der Waals surface area contributed by atoms with Gasteiger partial charge in [0.15, 0.2) is 0 Å². The van der Waals surface area contributed by atoms with E-state index in [0.29, 0.717) is 10.8 Å². The van der Waals surface area contributed by atoms with Crippen molar-refractivity contribution in [2.45, 2.75) is 39.1 Å². The average molecular weight is 419 g/mol. The molecule has 1 amide bonds. The van der Waals surface area contributed by atoms with Crippen molar-refractivity contribution < 1.29 is 22.7 Å². The summed E-state index contributed by atoms with van der Waals surface area (Å²) in [4.78, 5) is 23.7. The fraction of sp³-hybridized carbons (Fsp3) is 0.286. The highest BCUT2D eigenvalue weighted by Gasteiger charge is 2.34. The molecule has 0 saturated carbocycles. The highest BCUT2D eigenvalue weighted by atomic mass is 19.4. The number of amides is 1. The summed E-state index contributed by atoms with van der Waals surface area (Å²) in [5, 5.41) is 9.37. The highest BCUT2D eigenvalue weighted by Crippen LogP contribution is 2.35. The number of nitrogens with one attached hydrogen (secondary N) is 2. The van der Waals surface area contributed by atoms with Crippen LogP contribution >= 0.6 is 0 Å². The van der Waals surface area contributed by atoms with Crippen molar-refractivity contribution in [3.8, 4) is 11.3 Å². The van der Waals surface area contributed by atoms with Crippen LogP contribution in [-0.4, -0.2) is 21.9 Å². The normalized spacial score (nSPS) is 12.1. The van der Waals surface area contributed by atoms with Gasteiger partial charge in [-0.3, -0.25) is 4.79 Å². The molecule has 0 unspecified atom stereocenters. The predicted molar refractivity (Wildman–Crippen MR) is 106 cm³/mol. The van der Waals surface area contributed by atoms with E-state index in [1.807, 2.05) is 0 Å². The topological polar surface area (TPSA) is 84.1 Å². The van der Waals surface area contributed by atoms with Crippen molar-refractivity contribution >= 4 is 16.9 Å². The minimum atomic E-state index is -4.65. The van der Waals surface area contributed by atoms with Gasteiger partial charge in [-0.05, 0) is 38.5 Å². The van der Waals surface area contributed by atoms with Gasteiger partial charge in [0.25, 0.3) is 5.56 Å². The Kier molecular flexibility index (Phi) is 5.56. The molecule has 0 radical (unpaired) electrons. The first-order valence-electron chi connectivity index (χ1n) is 9.10. The number of halogens is 3. The number of alkyl halides is 3. The van der Waals surface area contributed by atoms with E-state index in [2.05, 4.69) is 15.5 Å². The standard InChI is InChI=1S/C21H20F3N3O3/c1-20(2,3)30-19(29)25-11-13-9-8-12(10-16(13)21(22,23)24)17-14-6-4-5-7-15(14)18(28)27-26-17/h4-10H,11H2,1-3H3,(H,25,29)(H,27,28). The van der Waals surface area contributed by atoms with Gasteiger partial charge in [-0.2, -0.15) is 18.3 Å². The van der Waals surface area contributed by atoms with Crippen molar-refractivity contribution in [3.63, 3.8) is 0 Å². The Bertz CT molecular complexity index is 1150. The van der Waals surface area contributed by atoms with E-state index in [1.54, 1.807) is 45.0 Å². The number of alkyl carbamates (subject to hydrolysis) is 1. The van der Waals surface area contributed by atoms with E-state index in [4.69, 9.17) is 4.74 Å². The Morgan fingerprint density at radius 1 is 1.10 bits per heavy atom. The van der Waals surface area contributed by atoms with E-state index in [9.17, 15) is 22.8 Å². The molecule has 9 heteroatoms. The molecular formula is C21H20F3N3O3. The van der Waals surface area contributed by atoms with Gasteiger partial charge in [0.05, 0.1) is 16.6 Å². The Morgan fingerprint density at radius 2 is 1.77 bits per heavy atom. The third-order valence-electron chi connectivity index (χ3n) is 4.21. The van der Waals surface area contributed by atoms with E-state index in [-0.39, 0.29) is 23.4 Å². The van der Waals surface area contributed by atoms with Gasteiger partial charge in [-0.15, -0.1) is 0 Å². The largest absolute Gasteiger partial charge is 0.444 e. The molecule has 1 heterocycles. The number of benzene rings is 2. The van der Waals surface area contributed by atoms with Crippen molar-refractivity contribution in [2.24, 2.45) is 0 Å². The van der Waals surface area contributed by atoms with Gasteiger partial charge in [0.1, 0.15) is 5.60 Å². The zero-order valence-corrected chi connectivity index (χ0v) is 16.6. The van der Waals surface area contributed by atoms with Crippen molar-refractivity contribution in [3.05, 3.63) is 63.9 Å². The van der Waals surface area contributed by atoms with E-state index in [0.717, 1.165) is 6.07 Å². The second-order valence-electron chi connectivity index (χ2n) is 7.67. The fourth-order valence-corrected chi connectivity index (χ4v) is 2.96. The Balaban J connectivity index is 2.00. The smallest absolute Gasteiger partial charge is 0.416 e. The van der Waals surface area contributed by atoms with Crippen LogP contribution < -0.4 is 10.9 Å². The molecule has 0 saturated heterocycles. The van der Waals surface area contributed by atoms with E-state index < -0.39 is 29.0 Å². The lowest BCUT2D eigenvalue weighted by molar-refractivity contribution is -0.138. The zero-order valence-electron chi connectivity index (χ0n) is 16.6. The SMILES string of the molecule is CC(C)(C)OC(=O)NCc1ccc(-c2n[nH]c(=O)c3ccccc23)cc1C(F)(F)F. The molecule has 0 spiro atoms. The molecule has 0 aliphatic carbocycles. The molecule has 0 aliphatic heterocycles. The quantitative estimate of drug-likeness (QED) is 0.648. The van der Waals surface area contributed by atoms with Crippen molar-refractivity contribution in [1.29, 1.82) is 0 Å². The lowest BCUT2D eigenvalue weighted by Gasteiger charge is -2.20. The number of carbonyl (C=O) groups excluding carboxylic acids is 1. The number of aromatic amines is 1. The highest BCUT2D eigenvalue weighted by molar-refractivity contribution is 5.93. The van der Waals surface area contributed by atoms with Gasteiger partial charge in [0, 0.05) is 17.5 Å². The molecule has 158 valence electrons. The number of nitrogens with zero attached hydrogens (tertiary/aromatic N) is 1. The molecule has 0 bridgehead atoms. The summed E-state index contributed by atoms with van der Waals surface area (Å²) in [6, 6.07) is 10.2.